The highest BCUT2D eigenvalue weighted by molar-refractivity contribution is 5.99. The molecule has 0 saturated heterocycles. The number of nitrogens with one attached hydrogen (secondary N) is 2. The second kappa shape index (κ2) is 7.77. The van der Waals surface area contributed by atoms with Crippen molar-refractivity contribution in [2.45, 2.75) is 25.7 Å². The standard InChI is InChI=1S/C19H19N3O4/c23-18(21-17-10-4-6-13-5-1-2-9-16(13)17)12-20-19(24)14-7-3-8-15(11-14)22(25)26/h3-4,6-8,10-11H,1-2,5,9,12H2,(H,20,24)(H,21,23). The quantitative estimate of drug-likeness (QED) is 0.637. The molecule has 1 aliphatic carbocycles. The van der Waals surface area contributed by atoms with Crippen LogP contribution in [-0.2, 0) is 17.6 Å². The van der Waals surface area contributed by atoms with Crippen molar-refractivity contribution in [2.24, 2.45) is 0 Å². The summed E-state index contributed by atoms with van der Waals surface area (Å²) in [5.41, 5.74) is 3.19. The fourth-order valence-corrected chi connectivity index (χ4v) is 3.12. The Morgan fingerprint density at radius 2 is 1.85 bits per heavy atom. The van der Waals surface area contributed by atoms with Crippen LogP contribution in [-0.4, -0.2) is 23.3 Å². The van der Waals surface area contributed by atoms with Crippen LogP contribution in [0.3, 0.4) is 0 Å². The first-order valence-electron chi connectivity index (χ1n) is 8.48. The molecule has 2 amide bonds. The molecule has 134 valence electrons. The van der Waals surface area contributed by atoms with Gasteiger partial charge in [-0.2, -0.15) is 0 Å². The number of nitro benzene ring substituents is 1. The maximum atomic E-state index is 12.2. The van der Waals surface area contributed by atoms with Gasteiger partial charge in [0, 0.05) is 23.4 Å². The number of hydrogen-bond acceptors (Lipinski definition) is 4. The van der Waals surface area contributed by atoms with Gasteiger partial charge in [0.25, 0.3) is 11.6 Å². The molecule has 2 aromatic carbocycles. The molecule has 7 nitrogen and oxygen atoms in total. The highest BCUT2D eigenvalue weighted by Crippen LogP contribution is 2.27. The number of benzene rings is 2. The summed E-state index contributed by atoms with van der Waals surface area (Å²) >= 11 is 0. The maximum absolute atomic E-state index is 12.2. The number of hydrogen-bond donors (Lipinski definition) is 2. The molecule has 0 saturated carbocycles. The van der Waals surface area contributed by atoms with Gasteiger partial charge in [0.05, 0.1) is 11.5 Å². The van der Waals surface area contributed by atoms with Crippen LogP contribution in [0.25, 0.3) is 0 Å². The van der Waals surface area contributed by atoms with Gasteiger partial charge in [-0.25, -0.2) is 0 Å². The summed E-state index contributed by atoms with van der Waals surface area (Å²) in [7, 11) is 0. The van der Waals surface area contributed by atoms with E-state index in [1.807, 2.05) is 12.1 Å². The number of rotatable bonds is 5. The molecule has 0 heterocycles. The third-order valence-electron chi connectivity index (χ3n) is 4.40. The lowest BCUT2D eigenvalue weighted by Crippen LogP contribution is -2.33. The molecule has 7 heteroatoms. The van der Waals surface area contributed by atoms with E-state index >= 15 is 0 Å². The van der Waals surface area contributed by atoms with E-state index in [1.165, 1.54) is 29.8 Å². The number of aryl methyl sites for hydroxylation is 1. The summed E-state index contributed by atoms with van der Waals surface area (Å²) < 4.78 is 0. The van der Waals surface area contributed by atoms with E-state index in [-0.39, 0.29) is 23.7 Å². The molecule has 0 atom stereocenters. The van der Waals surface area contributed by atoms with Gasteiger partial charge in [-0.3, -0.25) is 19.7 Å². The van der Waals surface area contributed by atoms with Crippen molar-refractivity contribution < 1.29 is 14.5 Å². The summed E-state index contributed by atoms with van der Waals surface area (Å²) in [4.78, 5) is 34.5. The van der Waals surface area contributed by atoms with Crippen molar-refractivity contribution in [2.75, 3.05) is 11.9 Å². The van der Waals surface area contributed by atoms with Crippen molar-refractivity contribution in [3.8, 4) is 0 Å². The Hall–Kier alpha value is -3.22. The Morgan fingerprint density at radius 1 is 1.08 bits per heavy atom. The Morgan fingerprint density at radius 3 is 2.65 bits per heavy atom. The third kappa shape index (κ3) is 4.05. The average molecular weight is 353 g/mol. The predicted octanol–water partition coefficient (Wildman–Crippen LogP) is 2.84. The first-order valence-corrected chi connectivity index (χ1v) is 8.48. The Bertz CT molecular complexity index is 864. The summed E-state index contributed by atoms with van der Waals surface area (Å²) in [6.07, 6.45) is 4.21. The minimum absolute atomic E-state index is 0.143. The molecule has 0 spiro atoms. The summed E-state index contributed by atoms with van der Waals surface area (Å²) in [6, 6.07) is 11.3. The lowest BCUT2D eigenvalue weighted by molar-refractivity contribution is -0.384. The third-order valence-corrected chi connectivity index (χ3v) is 4.40. The van der Waals surface area contributed by atoms with E-state index < -0.39 is 10.8 Å². The molecule has 3 rings (SSSR count). The van der Waals surface area contributed by atoms with Gasteiger partial charge in [-0.1, -0.05) is 18.2 Å². The van der Waals surface area contributed by atoms with Crippen LogP contribution < -0.4 is 10.6 Å². The van der Waals surface area contributed by atoms with Crippen LogP contribution in [0.5, 0.6) is 0 Å². The van der Waals surface area contributed by atoms with Crippen LogP contribution in [0, 0.1) is 10.1 Å². The van der Waals surface area contributed by atoms with Crippen molar-refractivity contribution in [3.05, 3.63) is 69.3 Å². The van der Waals surface area contributed by atoms with Crippen LogP contribution >= 0.6 is 0 Å². The van der Waals surface area contributed by atoms with Crippen molar-refractivity contribution >= 4 is 23.2 Å². The SMILES string of the molecule is O=C(CNC(=O)c1cccc([N+](=O)[O-])c1)Nc1cccc2c1CCCC2. The second-order valence-electron chi connectivity index (χ2n) is 6.19. The lowest BCUT2D eigenvalue weighted by atomic mass is 9.90. The van der Waals surface area contributed by atoms with Gasteiger partial charge < -0.3 is 10.6 Å². The average Bonchev–Trinajstić information content (AvgIpc) is 2.66. The number of anilines is 1. The number of non-ortho nitro benzene ring substituents is 1. The van der Waals surface area contributed by atoms with Crippen LogP contribution in [0.4, 0.5) is 11.4 Å². The predicted molar refractivity (Wildman–Crippen MR) is 97.1 cm³/mol. The first kappa shape index (κ1) is 17.6. The molecular formula is C19H19N3O4. The molecule has 2 N–H and O–H groups in total. The molecule has 0 aromatic heterocycles. The minimum Gasteiger partial charge on any atom is -0.343 e. The number of nitrogens with zero attached hydrogens (tertiary/aromatic N) is 1. The number of carbonyl (C=O) groups is 2. The normalized spacial score (nSPS) is 12.8. The highest BCUT2D eigenvalue weighted by atomic mass is 16.6. The summed E-state index contributed by atoms with van der Waals surface area (Å²) in [5.74, 6) is -0.860. The molecule has 0 bridgehead atoms. The molecule has 0 aliphatic heterocycles. The Balaban J connectivity index is 1.60. The van der Waals surface area contributed by atoms with E-state index in [4.69, 9.17) is 0 Å². The maximum Gasteiger partial charge on any atom is 0.270 e. The van der Waals surface area contributed by atoms with Crippen molar-refractivity contribution in [1.82, 2.24) is 5.32 Å². The smallest absolute Gasteiger partial charge is 0.270 e. The van der Waals surface area contributed by atoms with E-state index in [0.29, 0.717) is 0 Å². The fraction of sp³-hybridized carbons (Fsp3) is 0.263. The first-order chi connectivity index (χ1) is 12.5. The van der Waals surface area contributed by atoms with Crippen LogP contribution in [0.15, 0.2) is 42.5 Å². The zero-order valence-corrected chi connectivity index (χ0v) is 14.2. The molecular weight excluding hydrogens is 334 g/mol. The largest absolute Gasteiger partial charge is 0.343 e. The van der Waals surface area contributed by atoms with Crippen molar-refractivity contribution in [3.63, 3.8) is 0 Å². The van der Waals surface area contributed by atoms with Gasteiger partial charge in [-0.05, 0) is 48.9 Å². The number of carbonyl (C=O) groups excluding carboxylic acids is 2. The van der Waals surface area contributed by atoms with Gasteiger partial charge in [-0.15, -0.1) is 0 Å². The molecule has 2 aromatic rings. The second-order valence-corrected chi connectivity index (χ2v) is 6.19. The number of fused-ring (bicyclic) bond motifs is 1. The number of nitro groups is 1. The lowest BCUT2D eigenvalue weighted by Gasteiger charge is -2.19. The Labute approximate surface area is 150 Å². The molecule has 1 aliphatic rings. The van der Waals surface area contributed by atoms with E-state index in [0.717, 1.165) is 36.9 Å². The molecule has 0 fully saturated rings. The Kier molecular flexibility index (Phi) is 5.26. The van der Waals surface area contributed by atoms with Gasteiger partial charge in [0.1, 0.15) is 0 Å². The van der Waals surface area contributed by atoms with Crippen LogP contribution in [0.2, 0.25) is 0 Å². The topological polar surface area (TPSA) is 101 Å². The van der Waals surface area contributed by atoms with Crippen LogP contribution in [0.1, 0.15) is 34.3 Å². The van der Waals surface area contributed by atoms with Gasteiger partial charge in [0.2, 0.25) is 5.91 Å². The van der Waals surface area contributed by atoms with Gasteiger partial charge in [0.15, 0.2) is 0 Å². The monoisotopic (exact) mass is 353 g/mol. The van der Waals surface area contributed by atoms with E-state index in [2.05, 4.69) is 16.7 Å². The molecule has 0 radical (unpaired) electrons. The van der Waals surface area contributed by atoms with E-state index in [1.54, 1.807) is 0 Å². The van der Waals surface area contributed by atoms with Gasteiger partial charge >= 0.3 is 0 Å². The zero-order chi connectivity index (χ0) is 18.5. The fourth-order valence-electron chi connectivity index (χ4n) is 3.12. The molecule has 26 heavy (non-hydrogen) atoms. The summed E-state index contributed by atoms with van der Waals surface area (Å²) in [5, 5.41) is 16.1. The van der Waals surface area contributed by atoms with Crippen molar-refractivity contribution in [1.29, 1.82) is 0 Å². The summed E-state index contributed by atoms with van der Waals surface area (Å²) in [6.45, 7) is -0.203. The minimum atomic E-state index is -0.567. The molecule has 0 unspecified atom stereocenters. The highest BCUT2D eigenvalue weighted by Gasteiger charge is 2.16. The van der Waals surface area contributed by atoms with E-state index in [9.17, 15) is 19.7 Å². The number of amides is 2. The zero-order valence-electron chi connectivity index (χ0n) is 14.2.